The summed E-state index contributed by atoms with van der Waals surface area (Å²) in [5.74, 6) is 0.782. The van der Waals surface area contributed by atoms with Crippen LogP contribution < -0.4 is 5.32 Å². The van der Waals surface area contributed by atoms with Gasteiger partial charge in [0.15, 0.2) is 0 Å². The van der Waals surface area contributed by atoms with Gasteiger partial charge in [-0.2, -0.15) is 0 Å². The average molecular weight is 221 g/mol. The first-order valence-corrected chi connectivity index (χ1v) is 6.52. The lowest BCUT2D eigenvalue weighted by atomic mass is 10.1. The average Bonchev–Trinajstić information content (AvgIpc) is 2.95. The predicted molar refractivity (Wildman–Crippen MR) is 66.4 cm³/mol. The molecule has 3 nitrogen and oxygen atoms in total. The Morgan fingerprint density at radius 1 is 1.50 bits per heavy atom. The van der Waals surface area contributed by atoms with Gasteiger partial charge in [0.05, 0.1) is 6.33 Å². The van der Waals surface area contributed by atoms with Crippen LogP contribution in [0.5, 0.6) is 0 Å². The Morgan fingerprint density at radius 2 is 2.38 bits per heavy atom. The summed E-state index contributed by atoms with van der Waals surface area (Å²) < 4.78 is 2.27. The molecular weight excluding hydrogens is 198 g/mol. The van der Waals surface area contributed by atoms with Crippen LogP contribution in [0, 0.1) is 5.92 Å². The molecule has 3 heteroatoms. The highest BCUT2D eigenvalue weighted by Gasteiger charge is 2.27. The van der Waals surface area contributed by atoms with Crippen LogP contribution in [0.1, 0.15) is 45.6 Å². The molecule has 0 amide bonds. The summed E-state index contributed by atoms with van der Waals surface area (Å²) >= 11 is 0. The molecule has 1 N–H and O–H groups in total. The zero-order valence-electron chi connectivity index (χ0n) is 10.4. The standard InChI is InChI=1S/C13H23N3/c1-3-11(2)9-15-12-5-4-6-13(12)16-8-7-14-10-16/h7-8,10-13,15H,3-6,9H2,1-2H3. The molecule has 16 heavy (non-hydrogen) atoms. The first-order chi connectivity index (χ1) is 7.81. The van der Waals surface area contributed by atoms with Gasteiger partial charge < -0.3 is 9.88 Å². The van der Waals surface area contributed by atoms with Gasteiger partial charge in [0, 0.05) is 24.5 Å². The van der Waals surface area contributed by atoms with Gasteiger partial charge in [-0.05, 0) is 31.7 Å². The molecule has 1 saturated carbocycles. The van der Waals surface area contributed by atoms with Gasteiger partial charge in [-0.15, -0.1) is 0 Å². The van der Waals surface area contributed by atoms with Crippen molar-refractivity contribution in [1.29, 1.82) is 0 Å². The van der Waals surface area contributed by atoms with E-state index in [1.165, 1.54) is 25.7 Å². The van der Waals surface area contributed by atoms with E-state index in [0.717, 1.165) is 12.5 Å². The van der Waals surface area contributed by atoms with E-state index in [2.05, 4.69) is 34.9 Å². The van der Waals surface area contributed by atoms with Crippen molar-refractivity contribution in [3.63, 3.8) is 0 Å². The smallest absolute Gasteiger partial charge is 0.0949 e. The molecule has 3 unspecified atom stereocenters. The molecule has 0 radical (unpaired) electrons. The molecule has 1 aromatic heterocycles. The summed E-state index contributed by atoms with van der Waals surface area (Å²) in [4.78, 5) is 4.15. The van der Waals surface area contributed by atoms with Crippen LogP contribution >= 0.6 is 0 Å². The Hall–Kier alpha value is -0.830. The lowest BCUT2D eigenvalue weighted by molar-refractivity contribution is 0.364. The summed E-state index contributed by atoms with van der Waals surface area (Å²) in [5.41, 5.74) is 0. The Kier molecular flexibility index (Phi) is 3.99. The van der Waals surface area contributed by atoms with E-state index in [1.807, 2.05) is 12.5 Å². The van der Waals surface area contributed by atoms with Crippen molar-refractivity contribution in [2.45, 2.75) is 51.6 Å². The van der Waals surface area contributed by atoms with Crippen molar-refractivity contribution in [3.8, 4) is 0 Å². The van der Waals surface area contributed by atoms with E-state index in [-0.39, 0.29) is 0 Å². The van der Waals surface area contributed by atoms with Crippen molar-refractivity contribution < 1.29 is 0 Å². The Labute approximate surface area is 98.3 Å². The van der Waals surface area contributed by atoms with E-state index in [0.29, 0.717) is 12.1 Å². The molecule has 1 heterocycles. The fourth-order valence-corrected chi connectivity index (χ4v) is 2.50. The molecule has 0 saturated heterocycles. The third-order valence-corrected chi connectivity index (χ3v) is 3.81. The maximum absolute atomic E-state index is 4.15. The van der Waals surface area contributed by atoms with Gasteiger partial charge in [0.25, 0.3) is 0 Å². The Bertz CT molecular complexity index is 294. The van der Waals surface area contributed by atoms with E-state index >= 15 is 0 Å². The molecule has 1 fully saturated rings. The molecule has 0 spiro atoms. The first kappa shape index (κ1) is 11.6. The maximum Gasteiger partial charge on any atom is 0.0949 e. The minimum absolute atomic E-state index is 0.617. The third-order valence-electron chi connectivity index (χ3n) is 3.81. The highest BCUT2D eigenvalue weighted by atomic mass is 15.1. The SMILES string of the molecule is CCC(C)CNC1CCCC1n1ccnc1. The van der Waals surface area contributed by atoms with Crippen LogP contribution in [0.2, 0.25) is 0 Å². The third kappa shape index (κ3) is 2.64. The molecule has 90 valence electrons. The van der Waals surface area contributed by atoms with Crippen LogP contribution in [-0.4, -0.2) is 22.1 Å². The molecule has 3 atom stereocenters. The van der Waals surface area contributed by atoms with Gasteiger partial charge in [-0.3, -0.25) is 0 Å². The number of nitrogens with one attached hydrogen (secondary N) is 1. The molecule has 1 aliphatic carbocycles. The van der Waals surface area contributed by atoms with E-state index in [4.69, 9.17) is 0 Å². The van der Waals surface area contributed by atoms with Crippen molar-refractivity contribution in [3.05, 3.63) is 18.7 Å². The lowest BCUT2D eigenvalue weighted by Gasteiger charge is -2.23. The van der Waals surface area contributed by atoms with Crippen molar-refractivity contribution in [2.24, 2.45) is 5.92 Å². The van der Waals surface area contributed by atoms with Crippen LogP contribution in [0.4, 0.5) is 0 Å². The second kappa shape index (κ2) is 5.48. The van der Waals surface area contributed by atoms with Gasteiger partial charge in [-0.1, -0.05) is 20.3 Å². The molecule has 0 aliphatic heterocycles. The number of aromatic nitrogens is 2. The number of nitrogens with zero attached hydrogens (tertiary/aromatic N) is 2. The molecule has 0 aromatic carbocycles. The maximum atomic E-state index is 4.15. The fraction of sp³-hybridized carbons (Fsp3) is 0.769. The second-order valence-corrected chi connectivity index (χ2v) is 5.04. The van der Waals surface area contributed by atoms with E-state index in [9.17, 15) is 0 Å². The molecule has 0 bridgehead atoms. The number of hydrogen-bond donors (Lipinski definition) is 1. The minimum atomic E-state index is 0.617. The summed E-state index contributed by atoms with van der Waals surface area (Å²) in [6.45, 7) is 5.72. The normalized spacial score (nSPS) is 27.1. The first-order valence-electron chi connectivity index (χ1n) is 6.52. The quantitative estimate of drug-likeness (QED) is 0.828. The van der Waals surface area contributed by atoms with Crippen LogP contribution in [0.25, 0.3) is 0 Å². The van der Waals surface area contributed by atoms with Gasteiger partial charge in [-0.25, -0.2) is 4.98 Å². The van der Waals surface area contributed by atoms with Crippen molar-refractivity contribution in [1.82, 2.24) is 14.9 Å². The predicted octanol–water partition coefficient (Wildman–Crippen LogP) is 2.61. The highest BCUT2D eigenvalue weighted by molar-refractivity contribution is 4.91. The summed E-state index contributed by atoms with van der Waals surface area (Å²) in [6.07, 6.45) is 11.1. The second-order valence-electron chi connectivity index (χ2n) is 5.04. The number of hydrogen-bond acceptors (Lipinski definition) is 2. The number of imidazole rings is 1. The lowest BCUT2D eigenvalue weighted by Crippen LogP contribution is -2.36. The van der Waals surface area contributed by atoms with Crippen molar-refractivity contribution in [2.75, 3.05) is 6.54 Å². The van der Waals surface area contributed by atoms with E-state index < -0.39 is 0 Å². The largest absolute Gasteiger partial charge is 0.333 e. The molecule has 1 aliphatic rings. The molecular formula is C13H23N3. The summed E-state index contributed by atoms with van der Waals surface area (Å²) in [6, 6.07) is 1.26. The fourth-order valence-electron chi connectivity index (χ4n) is 2.50. The van der Waals surface area contributed by atoms with Crippen LogP contribution in [0.15, 0.2) is 18.7 Å². The topological polar surface area (TPSA) is 29.9 Å². The van der Waals surface area contributed by atoms with E-state index in [1.54, 1.807) is 0 Å². The Balaban J connectivity index is 1.89. The Morgan fingerprint density at radius 3 is 3.06 bits per heavy atom. The van der Waals surface area contributed by atoms with Crippen molar-refractivity contribution >= 4 is 0 Å². The molecule has 1 aromatic rings. The van der Waals surface area contributed by atoms with Crippen LogP contribution in [0.3, 0.4) is 0 Å². The van der Waals surface area contributed by atoms with Gasteiger partial charge >= 0.3 is 0 Å². The highest BCUT2D eigenvalue weighted by Crippen LogP contribution is 2.29. The zero-order valence-corrected chi connectivity index (χ0v) is 10.4. The number of rotatable bonds is 5. The summed E-state index contributed by atoms with van der Waals surface area (Å²) in [7, 11) is 0. The van der Waals surface area contributed by atoms with Gasteiger partial charge in [0.2, 0.25) is 0 Å². The monoisotopic (exact) mass is 221 g/mol. The molecule has 2 rings (SSSR count). The van der Waals surface area contributed by atoms with Crippen LogP contribution in [-0.2, 0) is 0 Å². The summed E-state index contributed by atoms with van der Waals surface area (Å²) in [5, 5.41) is 3.72. The van der Waals surface area contributed by atoms with Gasteiger partial charge in [0.1, 0.15) is 0 Å². The minimum Gasteiger partial charge on any atom is -0.333 e. The zero-order chi connectivity index (χ0) is 11.4.